The van der Waals surface area contributed by atoms with E-state index in [1.54, 1.807) is 9.80 Å². The van der Waals surface area contributed by atoms with Crippen molar-refractivity contribution in [3.63, 3.8) is 0 Å². The van der Waals surface area contributed by atoms with E-state index < -0.39 is 0 Å². The number of rotatable bonds is 1. The van der Waals surface area contributed by atoms with Crippen LogP contribution in [0.3, 0.4) is 0 Å². The lowest BCUT2D eigenvalue weighted by atomic mass is 10.1. The van der Waals surface area contributed by atoms with Gasteiger partial charge < -0.3 is 15.1 Å². The lowest BCUT2D eigenvalue weighted by Crippen LogP contribution is -2.65. The van der Waals surface area contributed by atoms with Gasteiger partial charge in [0.1, 0.15) is 6.54 Å². The zero-order valence-electron chi connectivity index (χ0n) is 11.2. The van der Waals surface area contributed by atoms with E-state index in [9.17, 15) is 9.59 Å². The molecular formula is C14H16BrN3O2. The summed E-state index contributed by atoms with van der Waals surface area (Å²) in [5, 5.41) is 3.11. The molecule has 1 N–H and O–H groups in total. The number of fused-ring (bicyclic) bond motifs is 1. The zero-order chi connectivity index (χ0) is 14.3. The first-order valence-corrected chi connectivity index (χ1v) is 7.42. The highest BCUT2D eigenvalue weighted by molar-refractivity contribution is 9.10. The summed E-state index contributed by atoms with van der Waals surface area (Å²) < 4.78 is 0.999. The minimum Gasteiger partial charge on any atom is -0.326 e. The molecule has 2 aliphatic heterocycles. The van der Waals surface area contributed by atoms with E-state index in [0.29, 0.717) is 13.1 Å². The van der Waals surface area contributed by atoms with E-state index in [4.69, 9.17) is 0 Å². The second kappa shape index (κ2) is 5.18. The normalized spacial score (nSPS) is 23.0. The molecule has 0 radical (unpaired) electrons. The summed E-state index contributed by atoms with van der Waals surface area (Å²) in [4.78, 5) is 27.6. The summed E-state index contributed by atoms with van der Waals surface area (Å²) in [6.07, 6.45) is 0. The van der Waals surface area contributed by atoms with Crippen LogP contribution in [0.2, 0.25) is 0 Å². The van der Waals surface area contributed by atoms with Gasteiger partial charge in [-0.15, -0.1) is 0 Å². The van der Waals surface area contributed by atoms with Crippen molar-refractivity contribution in [2.45, 2.75) is 13.0 Å². The number of hydrogen-bond donors (Lipinski definition) is 1. The van der Waals surface area contributed by atoms with Crippen molar-refractivity contribution in [2.75, 3.05) is 31.1 Å². The van der Waals surface area contributed by atoms with Gasteiger partial charge in [0.05, 0.1) is 12.6 Å². The maximum atomic E-state index is 12.3. The van der Waals surface area contributed by atoms with Crippen molar-refractivity contribution in [1.82, 2.24) is 10.2 Å². The van der Waals surface area contributed by atoms with Crippen molar-refractivity contribution in [3.05, 3.63) is 28.2 Å². The molecule has 2 aliphatic rings. The first kappa shape index (κ1) is 13.6. The van der Waals surface area contributed by atoms with E-state index in [2.05, 4.69) is 21.2 Å². The number of amides is 2. The van der Waals surface area contributed by atoms with Crippen LogP contribution in [0.1, 0.15) is 5.56 Å². The van der Waals surface area contributed by atoms with Crippen molar-refractivity contribution in [2.24, 2.45) is 0 Å². The molecule has 2 saturated heterocycles. The summed E-state index contributed by atoms with van der Waals surface area (Å²) in [7, 11) is 0. The number of halogens is 1. The molecule has 0 bridgehead atoms. The molecule has 6 heteroatoms. The lowest BCUT2D eigenvalue weighted by molar-refractivity contribution is -0.141. The van der Waals surface area contributed by atoms with Crippen LogP contribution in [0, 0.1) is 6.92 Å². The second-order valence-electron chi connectivity index (χ2n) is 5.24. The predicted octanol–water partition coefficient (Wildman–Crippen LogP) is 0.905. The highest BCUT2D eigenvalue weighted by Crippen LogP contribution is 2.27. The molecular weight excluding hydrogens is 322 g/mol. The standard InChI is InChI=1S/C14H16BrN3O2/c1-9-4-10(15)2-3-12(9)18-7-11-5-16-6-13(19)17(11)8-14(18)20/h2-4,11,16H,5-8H2,1H3. The van der Waals surface area contributed by atoms with Crippen LogP contribution in [0.4, 0.5) is 5.69 Å². The molecule has 0 aromatic heterocycles. The number of aryl methyl sites for hydroxylation is 1. The fourth-order valence-electron chi connectivity index (χ4n) is 2.84. The highest BCUT2D eigenvalue weighted by Gasteiger charge is 2.37. The van der Waals surface area contributed by atoms with Crippen LogP contribution in [-0.2, 0) is 9.59 Å². The number of carbonyl (C=O) groups excluding carboxylic acids is 2. The molecule has 0 aliphatic carbocycles. The minimum atomic E-state index is -0.0121. The zero-order valence-corrected chi connectivity index (χ0v) is 12.8. The third-order valence-corrected chi connectivity index (χ3v) is 4.36. The average Bonchev–Trinajstić information content (AvgIpc) is 2.40. The Labute approximate surface area is 126 Å². The van der Waals surface area contributed by atoms with Crippen molar-refractivity contribution < 1.29 is 9.59 Å². The number of carbonyl (C=O) groups is 2. The van der Waals surface area contributed by atoms with E-state index in [0.717, 1.165) is 22.3 Å². The Balaban J connectivity index is 1.88. The monoisotopic (exact) mass is 337 g/mol. The van der Waals surface area contributed by atoms with Gasteiger partial charge in [0, 0.05) is 23.2 Å². The minimum absolute atomic E-state index is 0.0121. The van der Waals surface area contributed by atoms with Crippen LogP contribution in [0.25, 0.3) is 0 Å². The van der Waals surface area contributed by atoms with Crippen LogP contribution < -0.4 is 10.2 Å². The Bertz CT molecular complexity index is 576. The van der Waals surface area contributed by atoms with Crippen LogP contribution in [0.5, 0.6) is 0 Å². The molecule has 5 nitrogen and oxygen atoms in total. The van der Waals surface area contributed by atoms with Crippen LogP contribution in [-0.4, -0.2) is 48.9 Å². The van der Waals surface area contributed by atoms with Gasteiger partial charge in [0.2, 0.25) is 11.8 Å². The second-order valence-corrected chi connectivity index (χ2v) is 6.16. The van der Waals surface area contributed by atoms with E-state index in [1.807, 2.05) is 25.1 Å². The average molecular weight is 338 g/mol. The summed E-state index contributed by atoms with van der Waals surface area (Å²) in [5.74, 6) is 0.00343. The highest BCUT2D eigenvalue weighted by atomic mass is 79.9. The molecule has 0 saturated carbocycles. The number of hydrogen-bond acceptors (Lipinski definition) is 3. The Morgan fingerprint density at radius 2 is 2.10 bits per heavy atom. The van der Waals surface area contributed by atoms with Crippen molar-refractivity contribution in [1.29, 1.82) is 0 Å². The van der Waals surface area contributed by atoms with Gasteiger partial charge >= 0.3 is 0 Å². The summed E-state index contributed by atoms with van der Waals surface area (Å²) in [6.45, 7) is 3.80. The number of nitrogens with zero attached hydrogens (tertiary/aromatic N) is 2. The molecule has 106 valence electrons. The lowest BCUT2D eigenvalue weighted by Gasteiger charge is -2.43. The molecule has 1 unspecified atom stereocenters. The number of anilines is 1. The fourth-order valence-corrected chi connectivity index (χ4v) is 3.32. The number of nitrogens with one attached hydrogen (secondary N) is 1. The molecule has 2 fully saturated rings. The third-order valence-electron chi connectivity index (χ3n) is 3.87. The fraction of sp³-hybridized carbons (Fsp3) is 0.429. The van der Waals surface area contributed by atoms with Gasteiger partial charge in [-0.2, -0.15) is 0 Å². The first-order chi connectivity index (χ1) is 9.56. The summed E-state index contributed by atoms with van der Waals surface area (Å²) >= 11 is 3.43. The molecule has 2 amide bonds. The largest absolute Gasteiger partial charge is 0.326 e. The topological polar surface area (TPSA) is 52.7 Å². The Hall–Kier alpha value is -1.40. The molecule has 1 atom stereocenters. The first-order valence-electron chi connectivity index (χ1n) is 6.63. The quantitative estimate of drug-likeness (QED) is 0.828. The van der Waals surface area contributed by atoms with Crippen molar-refractivity contribution >= 4 is 33.4 Å². The molecule has 1 aromatic rings. The maximum absolute atomic E-state index is 12.3. The summed E-state index contributed by atoms with van der Waals surface area (Å²) in [5.41, 5.74) is 1.98. The Kier molecular flexibility index (Phi) is 3.52. The molecule has 0 spiro atoms. The van der Waals surface area contributed by atoms with Gasteiger partial charge in [-0.1, -0.05) is 15.9 Å². The molecule has 3 rings (SSSR count). The van der Waals surface area contributed by atoms with Gasteiger partial charge in [0.15, 0.2) is 0 Å². The van der Waals surface area contributed by atoms with E-state index >= 15 is 0 Å². The Morgan fingerprint density at radius 1 is 1.30 bits per heavy atom. The van der Waals surface area contributed by atoms with E-state index in [1.165, 1.54) is 0 Å². The summed E-state index contributed by atoms with van der Waals surface area (Å²) in [6, 6.07) is 5.95. The number of piperazine rings is 2. The Morgan fingerprint density at radius 3 is 2.85 bits per heavy atom. The van der Waals surface area contributed by atoms with Gasteiger partial charge in [-0.3, -0.25) is 9.59 Å². The molecule has 1 aromatic carbocycles. The van der Waals surface area contributed by atoms with Crippen LogP contribution in [0.15, 0.2) is 22.7 Å². The van der Waals surface area contributed by atoms with E-state index in [-0.39, 0.29) is 24.4 Å². The molecule has 20 heavy (non-hydrogen) atoms. The van der Waals surface area contributed by atoms with Crippen molar-refractivity contribution in [3.8, 4) is 0 Å². The maximum Gasteiger partial charge on any atom is 0.246 e. The van der Waals surface area contributed by atoms with Gasteiger partial charge in [0.25, 0.3) is 0 Å². The third kappa shape index (κ3) is 2.33. The number of benzene rings is 1. The van der Waals surface area contributed by atoms with Gasteiger partial charge in [-0.25, -0.2) is 0 Å². The predicted molar refractivity (Wildman–Crippen MR) is 79.6 cm³/mol. The smallest absolute Gasteiger partial charge is 0.246 e. The SMILES string of the molecule is Cc1cc(Br)ccc1N1CC2CNCC(=O)N2CC1=O. The van der Waals surface area contributed by atoms with Crippen LogP contribution >= 0.6 is 15.9 Å². The molecule has 2 heterocycles. The van der Waals surface area contributed by atoms with Gasteiger partial charge in [-0.05, 0) is 30.7 Å².